The highest BCUT2D eigenvalue weighted by Gasteiger charge is 2.29. The summed E-state index contributed by atoms with van der Waals surface area (Å²) >= 11 is 6.22. The molecule has 5 nitrogen and oxygen atoms in total. The molecule has 0 aromatic heterocycles. The van der Waals surface area contributed by atoms with Gasteiger partial charge in [-0.15, -0.1) is 0 Å². The monoisotopic (exact) mass is 448 g/mol. The summed E-state index contributed by atoms with van der Waals surface area (Å²) in [5, 5.41) is 3.12. The van der Waals surface area contributed by atoms with Crippen LogP contribution in [0.25, 0.3) is 0 Å². The van der Waals surface area contributed by atoms with E-state index in [0.29, 0.717) is 13.1 Å². The minimum atomic E-state index is -3.73. The summed E-state index contributed by atoms with van der Waals surface area (Å²) < 4.78 is 27.6. The van der Waals surface area contributed by atoms with Crippen molar-refractivity contribution in [1.29, 1.82) is 0 Å². The zero-order chi connectivity index (χ0) is 22.1. The van der Waals surface area contributed by atoms with E-state index in [0.717, 1.165) is 36.0 Å². The summed E-state index contributed by atoms with van der Waals surface area (Å²) in [6, 6.07) is 8.42. The van der Waals surface area contributed by atoms with Crippen molar-refractivity contribution in [3.05, 3.63) is 63.2 Å². The maximum Gasteiger partial charge on any atom is 0.251 e. The van der Waals surface area contributed by atoms with Gasteiger partial charge >= 0.3 is 0 Å². The number of hydrogen-bond donors (Lipinski definition) is 1. The van der Waals surface area contributed by atoms with Gasteiger partial charge in [-0.1, -0.05) is 30.2 Å². The quantitative estimate of drug-likeness (QED) is 0.705. The minimum Gasteiger partial charge on any atom is -0.346 e. The summed E-state index contributed by atoms with van der Waals surface area (Å²) in [7, 11) is -3.73. The summed E-state index contributed by atoms with van der Waals surface area (Å²) in [6.07, 6.45) is 2.70. The van der Waals surface area contributed by atoms with E-state index in [2.05, 4.69) is 24.4 Å². The van der Waals surface area contributed by atoms with Crippen LogP contribution in [0, 0.1) is 20.8 Å². The SMILES string of the molecule is Cc1cc(C)c([C@H](C)NC(=O)c2ccc(Cl)c(S(=O)(=O)N3CCCCC3)c2)cc1C. The van der Waals surface area contributed by atoms with Gasteiger partial charge in [-0.2, -0.15) is 4.31 Å². The topological polar surface area (TPSA) is 66.5 Å². The van der Waals surface area contributed by atoms with Crippen LogP contribution in [0.5, 0.6) is 0 Å². The van der Waals surface area contributed by atoms with Crippen molar-refractivity contribution >= 4 is 27.5 Å². The van der Waals surface area contributed by atoms with Crippen molar-refractivity contribution in [1.82, 2.24) is 9.62 Å². The molecule has 0 saturated carbocycles. The molecule has 1 heterocycles. The van der Waals surface area contributed by atoms with Crippen LogP contribution < -0.4 is 5.32 Å². The first-order valence-electron chi connectivity index (χ1n) is 10.3. The number of hydrogen-bond acceptors (Lipinski definition) is 3. The number of carbonyl (C=O) groups excluding carboxylic acids is 1. The Labute approximate surface area is 184 Å². The lowest BCUT2D eigenvalue weighted by Gasteiger charge is -2.26. The van der Waals surface area contributed by atoms with Gasteiger partial charge in [-0.05, 0) is 81.0 Å². The molecule has 1 aliphatic heterocycles. The second-order valence-electron chi connectivity index (χ2n) is 8.10. The Morgan fingerprint density at radius 2 is 1.63 bits per heavy atom. The van der Waals surface area contributed by atoms with Crippen LogP contribution in [0.4, 0.5) is 0 Å². The first kappa shape index (κ1) is 22.8. The molecule has 2 aromatic rings. The molecule has 30 heavy (non-hydrogen) atoms. The number of amides is 1. The molecule has 1 amide bonds. The van der Waals surface area contributed by atoms with E-state index in [4.69, 9.17) is 11.6 Å². The molecule has 0 unspecified atom stereocenters. The van der Waals surface area contributed by atoms with Crippen LogP contribution in [0.15, 0.2) is 35.2 Å². The Balaban J connectivity index is 1.85. The lowest BCUT2D eigenvalue weighted by Crippen LogP contribution is -2.36. The molecule has 0 radical (unpaired) electrons. The third-order valence-electron chi connectivity index (χ3n) is 5.82. The van der Waals surface area contributed by atoms with Crippen molar-refractivity contribution in [3.8, 4) is 0 Å². The Kier molecular flexibility index (Phi) is 6.90. The molecule has 3 rings (SSSR count). The Bertz CT molecular complexity index is 1060. The lowest BCUT2D eigenvalue weighted by molar-refractivity contribution is 0.0939. The molecule has 1 fully saturated rings. The zero-order valence-corrected chi connectivity index (χ0v) is 19.5. The molecule has 7 heteroatoms. The van der Waals surface area contributed by atoms with Crippen LogP contribution in [-0.4, -0.2) is 31.7 Å². The van der Waals surface area contributed by atoms with Gasteiger partial charge in [-0.25, -0.2) is 8.42 Å². The molecule has 1 saturated heterocycles. The van der Waals surface area contributed by atoms with Crippen molar-refractivity contribution in [2.24, 2.45) is 0 Å². The van der Waals surface area contributed by atoms with E-state index in [1.54, 1.807) is 6.07 Å². The van der Waals surface area contributed by atoms with E-state index < -0.39 is 10.0 Å². The van der Waals surface area contributed by atoms with Gasteiger partial charge in [0.15, 0.2) is 0 Å². The molecule has 0 bridgehead atoms. The lowest BCUT2D eigenvalue weighted by atomic mass is 9.96. The van der Waals surface area contributed by atoms with Crippen molar-refractivity contribution in [2.45, 2.75) is 57.9 Å². The van der Waals surface area contributed by atoms with Crippen molar-refractivity contribution < 1.29 is 13.2 Å². The zero-order valence-electron chi connectivity index (χ0n) is 18.0. The highest BCUT2D eigenvalue weighted by molar-refractivity contribution is 7.89. The summed E-state index contributed by atoms with van der Waals surface area (Å²) in [6.45, 7) is 9.03. The van der Waals surface area contributed by atoms with Crippen LogP contribution in [-0.2, 0) is 10.0 Å². The van der Waals surface area contributed by atoms with Gasteiger partial charge in [0.1, 0.15) is 4.90 Å². The predicted octanol–water partition coefficient (Wildman–Crippen LogP) is 4.93. The predicted molar refractivity (Wildman–Crippen MR) is 121 cm³/mol. The maximum absolute atomic E-state index is 13.1. The first-order chi connectivity index (χ1) is 14.1. The molecule has 2 aromatic carbocycles. The second kappa shape index (κ2) is 9.08. The van der Waals surface area contributed by atoms with Gasteiger partial charge in [0, 0.05) is 18.7 Å². The highest BCUT2D eigenvalue weighted by Crippen LogP contribution is 2.28. The summed E-state index contributed by atoms with van der Waals surface area (Å²) in [4.78, 5) is 12.9. The third kappa shape index (κ3) is 4.71. The van der Waals surface area contributed by atoms with Crippen LogP contribution >= 0.6 is 11.6 Å². The van der Waals surface area contributed by atoms with Gasteiger partial charge in [0.05, 0.1) is 11.1 Å². The number of piperidine rings is 1. The molecular formula is C23H29ClN2O3S. The normalized spacial score (nSPS) is 16.3. The van der Waals surface area contributed by atoms with Gasteiger partial charge in [0.2, 0.25) is 10.0 Å². The van der Waals surface area contributed by atoms with Crippen LogP contribution in [0.1, 0.15) is 64.8 Å². The second-order valence-corrected chi connectivity index (χ2v) is 10.4. The molecule has 1 N–H and O–H groups in total. The Hall–Kier alpha value is -1.89. The van der Waals surface area contributed by atoms with E-state index in [1.807, 2.05) is 20.8 Å². The number of sulfonamides is 1. The van der Waals surface area contributed by atoms with Crippen LogP contribution in [0.3, 0.4) is 0 Å². The number of halogens is 1. The average molecular weight is 449 g/mol. The van der Waals surface area contributed by atoms with E-state index in [1.165, 1.54) is 22.0 Å². The molecule has 0 spiro atoms. The van der Waals surface area contributed by atoms with Gasteiger partial charge in [0.25, 0.3) is 5.91 Å². The largest absolute Gasteiger partial charge is 0.346 e. The minimum absolute atomic E-state index is 0.00580. The molecule has 162 valence electrons. The molecule has 0 aliphatic carbocycles. The first-order valence-corrected chi connectivity index (χ1v) is 12.1. The average Bonchev–Trinajstić information content (AvgIpc) is 2.71. The third-order valence-corrected chi connectivity index (χ3v) is 8.20. The summed E-state index contributed by atoms with van der Waals surface area (Å²) in [5.74, 6) is -0.327. The standard InChI is InChI=1S/C23H29ClN2O3S/c1-15-12-17(3)20(13-16(15)2)18(4)25-23(27)19-8-9-21(24)22(14-19)30(28,29)26-10-6-5-7-11-26/h8-9,12-14,18H,5-7,10-11H2,1-4H3,(H,25,27)/t18-/m0/s1. The maximum atomic E-state index is 13.1. The number of nitrogens with one attached hydrogen (secondary N) is 1. The van der Waals surface area contributed by atoms with E-state index in [-0.39, 0.29) is 27.4 Å². The smallest absolute Gasteiger partial charge is 0.251 e. The summed E-state index contributed by atoms with van der Waals surface area (Å²) in [5.41, 5.74) is 4.80. The fourth-order valence-corrected chi connectivity index (χ4v) is 5.91. The molecular weight excluding hydrogens is 420 g/mol. The number of rotatable bonds is 5. The Morgan fingerprint density at radius 3 is 2.30 bits per heavy atom. The van der Waals surface area contributed by atoms with Crippen molar-refractivity contribution in [3.63, 3.8) is 0 Å². The van der Waals surface area contributed by atoms with E-state index in [9.17, 15) is 13.2 Å². The number of aryl methyl sites for hydroxylation is 3. The Morgan fingerprint density at radius 1 is 1.00 bits per heavy atom. The number of carbonyl (C=O) groups is 1. The number of benzene rings is 2. The number of nitrogens with zero attached hydrogens (tertiary/aromatic N) is 1. The van der Waals surface area contributed by atoms with Crippen LogP contribution in [0.2, 0.25) is 5.02 Å². The van der Waals surface area contributed by atoms with Gasteiger partial charge < -0.3 is 5.32 Å². The fourth-order valence-electron chi connectivity index (χ4n) is 3.89. The van der Waals surface area contributed by atoms with E-state index >= 15 is 0 Å². The fraction of sp³-hybridized carbons (Fsp3) is 0.435. The molecule has 1 aliphatic rings. The van der Waals surface area contributed by atoms with Crippen molar-refractivity contribution in [2.75, 3.05) is 13.1 Å². The highest BCUT2D eigenvalue weighted by atomic mass is 35.5. The molecule has 1 atom stereocenters. The van der Waals surface area contributed by atoms with Gasteiger partial charge in [-0.3, -0.25) is 4.79 Å².